The van der Waals surface area contributed by atoms with Crippen LogP contribution in [0.2, 0.25) is 0 Å². The molecule has 0 aliphatic carbocycles. The van der Waals surface area contributed by atoms with Gasteiger partial charge in [0.2, 0.25) is 5.91 Å². The van der Waals surface area contributed by atoms with Crippen molar-refractivity contribution in [1.82, 2.24) is 10.2 Å². The number of piperidine rings is 1. The molecular formula is C9H16N2OS. The number of thioether (sulfide) groups is 1. The van der Waals surface area contributed by atoms with Crippen molar-refractivity contribution in [2.45, 2.75) is 24.6 Å². The van der Waals surface area contributed by atoms with Crippen molar-refractivity contribution in [1.29, 1.82) is 0 Å². The van der Waals surface area contributed by atoms with Crippen LogP contribution in [0.15, 0.2) is 0 Å². The van der Waals surface area contributed by atoms with E-state index in [0.717, 1.165) is 32.5 Å². The molecule has 0 aromatic rings. The summed E-state index contributed by atoms with van der Waals surface area (Å²) >= 11 is 2.03. The van der Waals surface area contributed by atoms with E-state index < -0.39 is 0 Å². The quantitative estimate of drug-likeness (QED) is 0.623. The largest absolute Gasteiger partial charge is 0.343 e. The first-order valence-corrected chi connectivity index (χ1v) is 5.85. The second-order valence-corrected chi connectivity index (χ2v) is 5.25. The number of carbonyl (C=O) groups excluding carboxylic acids is 1. The second kappa shape index (κ2) is 3.50. The van der Waals surface area contributed by atoms with Gasteiger partial charge in [-0.25, -0.2) is 0 Å². The van der Waals surface area contributed by atoms with Crippen LogP contribution in [0.25, 0.3) is 0 Å². The molecule has 0 aromatic carbocycles. The zero-order valence-electron chi connectivity index (χ0n) is 8.01. The fraction of sp³-hybridized carbons (Fsp3) is 0.889. The third-order valence-electron chi connectivity index (χ3n) is 2.94. The normalized spacial score (nSPS) is 26.7. The van der Waals surface area contributed by atoms with Gasteiger partial charge in [0.1, 0.15) is 0 Å². The molecule has 2 fully saturated rings. The summed E-state index contributed by atoms with van der Waals surface area (Å²) in [6, 6.07) is 0. The topological polar surface area (TPSA) is 32.3 Å². The molecule has 1 N–H and O–H groups in total. The fourth-order valence-electron chi connectivity index (χ4n) is 2.08. The van der Waals surface area contributed by atoms with Crippen molar-refractivity contribution >= 4 is 17.7 Å². The van der Waals surface area contributed by atoms with Crippen molar-refractivity contribution in [3.05, 3.63) is 0 Å². The molecule has 4 heteroatoms. The number of rotatable bonds is 0. The molecule has 1 spiro atoms. The Kier molecular flexibility index (Phi) is 2.51. The lowest BCUT2D eigenvalue weighted by Gasteiger charge is -2.38. The Bertz CT molecular complexity index is 204. The van der Waals surface area contributed by atoms with Crippen LogP contribution in [0.1, 0.15) is 19.8 Å². The Balaban J connectivity index is 1.91. The van der Waals surface area contributed by atoms with E-state index in [4.69, 9.17) is 0 Å². The molecule has 0 unspecified atom stereocenters. The van der Waals surface area contributed by atoms with Crippen molar-refractivity contribution in [2.24, 2.45) is 0 Å². The molecule has 74 valence electrons. The summed E-state index contributed by atoms with van der Waals surface area (Å²) in [7, 11) is 0. The highest BCUT2D eigenvalue weighted by Crippen LogP contribution is 2.36. The van der Waals surface area contributed by atoms with Crippen LogP contribution in [0.4, 0.5) is 0 Å². The minimum Gasteiger partial charge on any atom is -0.343 e. The van der Waals surface area contributed by atoms with Crippen LogP contribution in [0, 0.1) is 0 Å². The van der Waals surface area contributed by atoms with Gasteiger partial charge in [-0.2, -0.15) is 0 Å². The first-order valence-electron chi connectivity index (χ1n) is 4.86. The van der Waals surface area contributed by atoms with Gasteiger partial charge in [0.25, 0.3) is 0 Å². The Morgan fingerprint density at radius 1 is 1.46 bits per heavy atom. The standard InChI is InChI=1S/C9H16N2OS/c1-8(12)11-5-2-9(3-6-11)10-4-7-13-9/h10H,2-7H2,1H3. The molecule has 0 bridgehead atoms. The Hall–Kier alpha value is -0.220. The molecule has 3 nitrogen and oxygen atoms in total. The zero-order chi connectivity index (χ0) is 9.31. The molecule has 2 aliphatic heterocycles. The second-order valence-electron chi connectivity index (χ2n) is 3.78. The number of likely N-dealkylation sites (tertiary alicyclic amines) is 1. The highest BCUT2D eigenvalue weighted by molar-refractivity contribution is 8.00. The summed E-state index contributed by atoms with van der Waals surface area (Å²) in [5.41, 5.74) is 0. The molecule has 2 heterocycles. The number of amides is 1. The zero-order valence-corrected chi connectivity index (χ0v) is 8.82. The monoisotopic (exact) mass is 200 g/mol. The molecular weight excluding hydrogens is 184 g/mol. The van der Waals surface area contributed by atoms with Gasteiger partial charge in [-0.3, -0.25) is 4.79 Å². The van der Waals surface area contributed by atoms with Crippen LogP contribution in [0.5, 0.6) is 0 Å². The summed E-state index contributed by atoms with van der Waals surface area (Å²) in [4.78, 5) is 13.4. The maximum atomic E-state index is 11.1. The molecule has 0 atom stereocenters. The van der Waals surface area contributed by atoms with Gasteiger partial charge in [0.05, 0.1) is 4.87 Å². The molecule has 0 saturated carbocycles. The lowest BCUT2D eigenvalue weighted by atomic mass is 10.0. The minimum absolute atomic E-state index is 0.220. The van der Waals surface area contributed by atoms with E-state index in [9.17, 15) is 4.79 Å². The van der Waals surface area contributed by atoms with Crippen LogP contribution >= 0.6 is 11.8 Å². The van der Waals surface area contributed by atoms with Crippen molar-refractivity contribution in [2.75, 3.05) is 25.4 Å². The number of hydrogen-bond donors (Lipinski definition) is 1. The van der Waals surface area contributed by atoms with Gasteiger partial charge < -0.3 is 10.2 Å². The maximum absolute atomic E-state index is 11.1. The lowest BCUT2D eigenvalue weighted by Crippen LogP contribution is -2.49. The lowest BCUT2D eigenvalue weighted by molar-refractivity contribution is -0.130. The minimum atomic E-state index is 0.220. The van der Waals surface area contributed by atoms with Gasteiger partial charge in [-0.15, -0.1) is 11.8 Å². The van der Waals surface area contributed by atoms with E-state index in [1.807, 2.05) is 16.7 Å². The van der Waals surface area contributed by atoms with E-state index in [2.05, 4.69) is 5.32 Å². The van der Waals surface area contributed by atoms with Crippen molar-refractivity contribution in [3.63, 3.8) is 0 Å². The SMILES string of the molecule is CC(=O)N1CCC2(CC1)NCCS2. The number of hydrogen-bond acceptors (Lipinski definition) is 3. The predicted molar refractivity (Wildman–Crippen MR) is 54.7 cm³/mol. The molecule has 0 aromatic heterocycles. The third-order valence-corrected chi connectivity index (χ3v) is 4.46. The van der Waals surface area contributed by atoms with Gasteiger partial charge in [0, 0.05) is 32.3 Å². The van der Waals surface area contributed by atoms with E-state index in [0.29, 0.717) is 4.87 Å². The van der Waals surface area contributed by atoms with Gasteiger partial charge in [0.15, 0.2) is 0 Å². The Morgan fingerprint density at radius 3 is 2.62 bits per heavy atom. The summed E-state index contributed by atoms with van der Waals surface area (Å²) in [5, 5.41) is 3.56. The molecule has 2 rings (SSSR count). The van der Waals surface area contributed by atoms with Crippen LogP contribution in [-0.4, -0.2) is 41.1 Å². The van der Waals surface area contributed by atoms with Gasteiger partial charge in [-0.05, 0) is 12.8 Å². The smallest absolute Gasteiger partial charge is 0.219 e. The van der Waals surface area contributed by atoms with Crippen molar-refractivity contribution in [3.8, 4) is 0 Å². The summed E-state index contributed by atoms with van der Waals surface area (Å²) < 4.78 is 0. The molecule has 1 amide bonds. The molecule has 2 aliphatic rings. The highest BCUT2D eigenvalue weighted by atomic mass is 32.2. The van der Waals surface area contributed by atoms with Gasteiger partial charge in [-0.1, -0.05) is 0 Å². The Labute approximate surface area is 83.2 Å². The summed E-state index contributed by atoms with van der Waals surface area (Å²) in [5.74, 6) is 1.44. The summed E-state index contributed by atoms with van der Waals surface area (Å²) in [6.07, 6.45) is 2.22. The number of carbonyl (C=O) groups is 1. The predicted octanol–water partition coefficient (Wildman–Crippen LogP) is 0.661. The van der Waals surface area contributed by atoms with E-state index in [1.54, 1.807) is 6.92 Å². The Morgan fingerprint density at radius 2 is 2.15 bits per heavy atom. The molecule has 0 radical (unpaired) electrons. The molecule has 13 heavy (non-hydrogen) atoms. The van der Waals surface area contributed by atoms with E-state index in [1.165, 1.54) is 5.75 Å². The first kappa shape index (κ1) is 9.34. The number of nitrogens with one attached hydrogen (secondary N) is 1. The van der Waals surface area contributed by atoms with Crippen LogP contribution in [-0.2, 0) is 4.79 Å². The maximum Gasteiger partial charge on any atom is 0.219 e. The van der Waals surface area contributed by atoms with Gasteiger partial charge >= 0.3 is 0 Å². The fourth-order valence-corrected chi connectivity index (χ4v) is 3.35. The van der Waals surface area contributed by atoms with E-state index >= 15 is 0 Å². The third kappa shape index (κ3) is 1.83. The van der Waals surface area contributed by atoms with Crippen LogP contribution < -0.4 is 5.32 Å². The highest BCUT2D eigenvalue weighted by Gasteiger charge is 2.37. The summed E-state index contributed by atoms with van der Waals surface area (Å²) in [6.45, 7) is 4.64. The van der Waals surface area contributed by atoms with Crippen molar-refractivity contribution < 1.29 is 4.79 Å². The molecule has 2 saturated heterocycles. The average molecular weight is 200 g/mol. The number of nitrogens with zero attached hydrogens (tertiary/aromatic N) is 1. The first-order chi connectivity index (χ1) is 6.22. The average Bonchev–Trinajstić information content (AvgIpc) is 2.54. The van der Waals surface area contributed by atoms with E-state index in [-0.39, 0.29) is 5.91 Å². The van der Waals surface area contributed by atoms with Crippen LogP contribution in [0.3, 0.4) is 0 Å².